The Kier molecular flexibility index (Phi) is 6.65. The lowest BCUT2D eigenvalue weighted by atomic mass is 9.87. The highest BCUT2D eigenvalue weighted by Crippen LogP contribution is 2.30. The highest BCUT2D eigenvalue weighted by Gasteiger charge is 2.25. The minimum absolute atomic E-state index is 0.0164. The maximum atomic E-state index is 13.1. The molecule has 0 heterocycles. The van der Waals surface area contributed by atoms with E-state index in [1.165, 1.54) is 31.4 Å². The van der Waals surface area contributed by atoms with E-state index in [0.717, 1.165) is 31.5 Å². The Morgan fingerprint density at radius 1 is 1.24 bits per heavy atom. The zero-order valence-electron chi connectivity index (χ0n) is 13.3. The number of ether oxygens (including phenoxy) is 1. The van der Waals surface area contributed by atoms with Crippen molar-refractivity contribution >= 4 is 0 Å². The van der Waals surface area contributed by atoms with Crippen LogP contribution in [0.5, 0.6) is 0 Å². The summed E-state index contributed by atoms with van der Waals surface area (Å²) in [6, 6.07) is 6.74. The van der Waals surface area contributed by atoms with Gasteiger partial charge in [0.2, 0.25) is 0 Å². The van der Waals surface area contributed by atoms with Crippen molar-refractivity contribution in [1.29, 1.82) is 0 Å². The third kappa shape index (κ3) is 5.08. The zero-order chi connectivity index (χ0) is 15.1. The first-order chi connectivity index (χ1) is 10.2. The molecule has 1 N–H and O–H groups in total. The van der Waals surface area contributed by atoms with Gasteiger partial charge < -0.3 is 10.1 Å². The van der Waals surface area contributed by atoms with E-state index in [-0.39, 0.29) is 11.9 Å². The first-order valence-corrected chi connectivity index (χ1v) is 8.32. The standard InChI is InChI=1S/C18H28FNO/c1-3-12-20-13-18(15-8-10-16(19)11-9-15)21-17-7-5-4-6-14(17)2/h8-11,14,17-18,20H,3-7,12-13H2,1-2H3. The van der Waals surface area contributed by atoms with E-state index in [2.05, 4.69) is 19.2 Å². The molecule has 118 valence electrons. The number of hydrogen-bond donors (Lipinski definition) is 1. The Morgan fingerprint density at radius 3 is 2.62 bits per heavy atom. The van der Waals surface area contributed by atoms with Crippen molar-refractivity contribution in [2.24, 2.45) is 5.92 Å². The molecule has 0 saturated heterocycles. The second-order valence-corrected chi connectivity index (χ2v) is 6.18. The van der Waals surface area contributed by atoms with Gasteiger partial charge in [-0.2, -0.15) is 0 Å². The molecule has 0 radical (unpaired) electrons. The lowest BCUT2D eigenvalue weighted by Crippen LogP contribution is -2.32. The Balaban J connectivity index is 2.02. The van der Waals surface area contributed by atoms with Crippen LogP contribution in [0.4, 0.5) is 4.39 Å². The van der Waals surface area contributed by atoms with Crippen LogP contribution in [0, 0.1) is 11.7 Å². The van der Waals surface area contributed by atoms with Crippen LogP contribution in [0.15, 0.2) is 24.3 Å². The molecule has 0 bridgehead atoms. The third-order valence-electron chi connectivity index (χ3n) is 4.37. The SMILES string of the molecule is CCCNCC(OC1CCCCC1C)c1ccc(F)cc1. The smallest absolute Gasteiger partial charge is 0.123 e. The largest absolute Gasteiger partial charge is 0.369 e. The normalized spacial score (nSPS) is 24.0. The summed E-state index contributed by atoms with van der Waals surface area (Å²) in [5.74, 6) is 0.429. The predicted molar refractivity (Wildman–Crippen MR) is 84.8 cm³/mol. The highest BCUT2D eigenvalue weighted by molar-refractivity contribution is 5.19. The maximum Gasteiger partial charge on any atom is 0.123 e. The molecule has 3 atom stereocenters. The van der Waals surface area contributed by atoms with Crippen molar-refractivity contribution in [3.05, 3.63) is 35.6 Å². The van der Waals surface area contributed by atoms with Crippen LogP contribution in [0.25, 0.3) is 0 Å². The molecule has 21 heavy (non-hydrogen) atoms. The molecule has 0 aromatic heterocycles. The van der Waals surface area contributed by atoms with Crippen molar-refractivity contribution in [3.8, 4) is 0 Å². The molecule has 1 saturated carbocycles. The molecular formula is C18H28FNO. The number of halogens is 1. The van der Waals surface area contributed by atoms with Crippen LogP contribution < -0.4 is 5.32 Å². The molecule has 1 aliphatic carbocycles. The molecule has 3 unspecified atom stereocenters. The summed E-state index contributed by atoms with van der Waals surface area (Å²) < 4.78 is 19.5. The fraction of sp³-hybridized carbons (Fsp3) is 0.667. The first kappa shape index (κ1) is 16.4. The average Bonchev–Trinajstić information content (AvgIpc) is 2.49. The summed E-state index contributed by atoms with van der Waals surface area (Å²) in [5, 5.41) is 3.43. The highest BCUT2D eigenvalue weighted by atomic mass is 19.1. The van der Waals surface area contributed by atoms with E-state index < -0.39 is 0 Å². The van der Waals surface area contributed by atoms with Crippen LogP contribution in [0.2, 0.25) is 0 Å². The summed E-state index contributed by atoms with van der Waals surface area (Å²) in [6.45, 7) is 6.22. The predicted octanol–water partition coefficient (Wildman–Crippen LogP) is 4.46. The number of hydrogen-bond acceptors (Lipinski definition) is 2. The third-order valence-corrected chi connectivity index (χ3v) is 4.37. The van der Waals surface area contributed by atoms with E-state index in [0.29, 0.717) is 12.0 Å². The molecular weight excluding hydrogens is 265 g/mol. The zero-order valence-corrected chi connectivity index (χ0v) is 13.3. The van der Waals surface area contributed by atoms with E-state index in [1.54, 1.807) is 0 Å². The average molecular weight is 293 g/mol. The van der Waals surface area contributed by atoms with Gasteiger partial charge in [0.1, 0.15) is 5.82 Å². The maximum absolute atomic E-state index is 13.1. The lowest BCUT2D eigenvalue weighted by molar-refractivity contribution is -0.0563. The van der Waals surface area contributed by atoms with Crippen molar-refractivity contribution in [2.75, 3.05) is 13.1 Å². The Bertz CT molecular complexity index is 406. The van der Waals surface area contributed by atoms with Crippen LogP contribution in [-0.2, 0) is 4.74 Å². The summed E-state index contributed by atoms with van der Waals surface area (Å²) in [6.07, 6.45) is 6.43. The molecule has 1 aliphatic rings. The molecule has 1 aromatic rings. The fourth-order valence-corrected chi connectivity index (χ4v) is 3.03. The molecule has 0 amide bonds. The van der Waals surface area contributed by atoms with Gasteiger partial charge in [-0.1, -0.05) is 38.8 Å². The molecule has 0 aliphatic heterocycles. The summed E-state index contributed by atoms with van der Waals surface area (Å²) in [7, 11) is 0. The number of benzene rings is 1. The summed E-state index contributed by atoms with van der Waals surface area (Å²) in [5.41, 5.74) is 1.07. The Hall–Kier alpha value is -0.930. The van der Waals surface area contributed by atoms with E-state index in [9.17, 15) is 4.39 Å². The molecule has 2 rings (SSSR count). The van der Waals surface area contributed by atoms with Gasteiger partial charge in [-0.25, -0.2) is 4.39 Å². The second-order valence-electron chi connectivity index (χ2n) is 6.18. The van der Waals surface area contributed by atoms with Crippen molar-refractivity contribution < 1.29 is 9.13 Å². The minimum atomic E-state index is -0.190. The van der Waals surface area contributed by atoms with E-state index in [1.807, 2.05) is 12.1 Å². The molecule has 0 spiro atoms. The van der Waals surface area contributed by atoms with Gasteiger partial charge in [-0.05, 0) is 49.4 Å². The van der Waals surface area contributed by atoms with Crippen molar-refractivity contribution in [3.63, 3.8) is 0 Å². The molecule has 3 heteroatoms. The topological polar surface area (TPSA) is 21.3 Å². The lowest BCUT2D eigenvalue weighted by Gasteiger charge is -2.32. The van der Waals surface area contributed by atoms with Gasteiger partial charge in [0, 0.05) is 6.54 Å². The van der Waals surface area contributed by atoms with E-state index in [4.69, 9.17) is 4.74 Å². The molecule has 1 fully saturated rings. The monoisotopic (exact) mass is 293 g/mol. The van der Waals surface area contributed by atoms with Crippen molar-refractivity contribution in [1.82, 2.24) is 5.32 Å². The molecule has 2 nitrogen and oxygen atoms in total. The van der Waals surface area contributed by atoms with E-state index >= 15 is 0 Å². The van der Waals surface area contributed by atoms with Crippen LogP contribution >= 0.6 is 0 Å². The van der Waals surface area contributed by atoms with Crippen LogP contribution in [-0.4, -0.2) is 19.2 Å². The van der Waals surface area contributed by atoms with Gasteiger partial charge in [0.05, 0.1) is 12.2 Å². The Morgan fingerprint density at radius 2 is 1.95 bits per heavy atom. The number of rotatable bonds is 7. The van der Waals surface area contributed by atoms with Crippen molar-refractivity contribution in [2.45, 2.75) is 58.2 Å². The van der Waals surface area contributed by atoms with Gasteiger partial charge >= 0.3 is 0 Å². The summed E-state index contributed by atoms with van der Waals surface area (Å²) >= 11 is 0. The minimum Gasteiger partial charge on any atom is -0.369 e. The van der Waals surface area contributed by atoms with Gasteiger partial charge in [0.15, 0.2) is 0 Å². The second kappa shape index (κ2) is 8.50. The molecule has 1 aromatic carbocycles. The number of nitrogens with one attached hydrogen (secondary N) is 1. The van der Waals surface area contributed by atoms with Gasteiger partial charge in [-0.15, -0.1) is 0 Å². The first-order valence-electron chi connectivity index (χ1n) is 8.32. The summed E-state index contributed by atoms with van der Waals surface area (Å²) in [4.78, 5) is 0. The van der Waals surface area contributed by atoms with Gasteiger partial charge in [0.25, 0.3) is 0 Å². The van der Waals surface area contributed by atoms with Gasteiger partial charge in [-0.3, -0.25) is 0 Å². The van der Waals surface area contributed by atoms with Crippen LogP contribution in [0.3, 0.4) is 0 Å². The van der Waals surface area contributed by atoms with Crippen LogP contribution in [0.1, 0.15) is 57.6 Å². The fourth-order valence-electron chi connectivity index (χ4n) is 3.03. The quantitative estimate of drug-likeness (QED) is 0.749. The Labute approximate surface area is 128 Å².